The highest BCUT2D eigenvalue weighted by molar-refractivity contribution is 8.06. The molecule has 0 aliphatic carbocycles. The third-order valence-electron chi connectivity index (χ3n) is 3.28. The number of H-pyrrole nitrogens is 1. The highest BCUT2D eigenvalue weighted by atomic mass is 32.2. The number of aromatic amines is 1. The second-order valence-electron chi connectivity index (χ2n) is 4.88. The fourth-order valence-corrected chi connectivity index (χ4v) is 4.90. The first kappa shape index (κ1) is 14.1. The van der Waals surface area contributed by atoms with Gasteiger partial charge in [0.2, 0.25) is 0 Å². The lowest BCUT2D eigenvalue weighted by Gasteiger charge is -2.21. The number of hydrogen-bond donors (Lipinski definition) is 2. The van der Waals surface area contributed by atoms with Crippen molar-refractivity contribution < 1.29 is 4.42 Å². The normalized spacial score (nSPS) is 19.4. The summed E-state index contributed by atoms with van der Waals surface area (Å²) < 4.78 is 5.66. The minimum atomic E-state index is 0.731. The van der Waals surface area contributed by atoms with Gasteiger partial charge < -0.3 is 9.73 Å². The summed E-state index contributed by atoms with van der Waals surface area (Å²) in [6.45, 7) is 3.84. The van der Waals surface area contributed by atoms with Gasteiger partial charge in [0, 0.05) is 41.2 Å². The van der Waals surface area contributed by atoms with E-state index in [0.29, 0.717) is 0 Å². The highest BCUT2D eigenvalue weighted by Gasteiger charge is 2.15. The van der Waals surface area contributed by atoms with Gasteiger partial charge in [0.1, 0.15) is 11.5 Å². The van der Waals surface area contributed by atoms with Crippen LogP contribution < -0.4 is 5.32 Å². The Hall–Kier alpha value is -0.850. The fraction of sp³-hybridized carbons (Fsp3) is 0.500. The molecule has 1 saturated heterocycles. The molecule has 2 aromatic rings. The summed E-state index contributed by atoms with van der Waals surface area (Å²) in [7, 11) is 0. The molecule has 20 heavy (non-hydrogen) atoms. The molecule has 108 valence electrons. The average Bonchev–Trinajstić information content (AvgIpc) is 3.09. The van der Waals surface area contributed by atoms with Crippen LogP contribution in [0.1, 0.15) is 11.3 Å². The second-order valence-corrected chi connectivity index (χ2v) is 7.44. The molecule has 0 amide bonds. The lowest BCUT2D eigenvalue weighted by Crippen LogP contribution is -2.28. The number of aromatic nitrogens is 2. The molecule has 4 nitrogen and oxygen atoms in total. The number of rotatable bonds is 5. The van der Waals surface area contributed by atoms with E-state index >= 15 is 0 Å². The van der Waals surface area contributed by atoms with Crippen LogP contribution in [0.2, 0.25) is 0 Å². The maximum atomic E-state index is 5.66. The van der Waals surface area contributed by atoms with Crippen LogP contribution in [-0.2, 0) is 6.54 Å². The molecule has 0 aromatic carbocycles. The van der Waals surface area contributed by atoms with E-state index in [1.54, 1.807) is 0 Å². The van der Waals surface area contributed by atoms with Crippen LogP contribution in [0.4, 0.5) is 0 Å². The summed E-state index contributed by atoms with van der Waals surface area (Å²) >= 11 is 4.14. The predicted molar refractivity (Wildman–Crippen MR) is 86.3 cm³/mol. The van der Waals surface area contributed by atoms with Gasteiger partial charge in [-0.15, -0.1) is 0 Å². The summed E-state index contributed by atoms with van der Waals surface area (Å²) in [5, 5.41) is 11.4. The summed E-state index contributed by atoms with van der Waals surface area (Å²) in [4.78, 5) is 0. The van der Waals surface area contributed by atoms with E-state index in [1.165, 1.54) is 17.3 Å². The van der Waals surface area contributed by atoms with Crippen LogP contribution in [0.15, 0.2) is 22.7 Å². The van der Waals surface area contributed by atoms with E-state index < -0.39 is 0 Å². The van der Waals surface area contributed by atoms with Crippen molar-refractivity contribution in [2.24, 2.45) is 0 Å². The molecule has 3 heterocycles. The van der Waals surface area contributed by atoms with Crippen LogP contribution >= 0.6 is 23.5 Å². The minimum Gasteiger partial charge on any atom is -0.460 e. The molecular formula is C14H19N3OS2. The van der Waals surface area contributed by atoms with Crippen molar-refractivity contribution in [1.29, 1.82) is 0 Å². The summed E-state index contributed by atoms with van der Waals surface area (Å²) in [6.07, 6.45) is 1.88. The van der Waals surface area contributed by atoms with Crippen LogP contribution in [0.3, 0.4) is 0 Å². The monoisotopic (exact) mass is 309 g/mol. The largest absolute Gasteiger partial charge is 0.460 e. The zero-order chi connectivity index (χ0) is 13.8. The zero-order valence-electron chi connectivity index (χ0n) is 11.5. The number of hydrogen-bond acceptors (Lipinski definition) is 5. The van der Waals surface area contributed by atoms with Crippen LogP contribution in [0, 0.1) is 6.92 Å². The Bertz CT molecular complexity index is 546. The van der Waals surface area contributed by atoms with E-state index in [1.807, 2.05) is 25.3 Å². The molecule has 1 atom stereocenters. The Balaban J connectivity index is 1.56. The summed E-state index contributed by atoms with van der Waals surface area (Å²) in [5.41, 5.74) is 2.14. The summed E-state index contributed by atoms with van der Waals surface area (Å²) in [6, 6.07) is 3.96. The van der Waals surface area contributed by atoms with E-state index in [0.717, 1.165) is 41.1 Å². The lowest BCUT2D eigenvalue weighted by molar-refractivity contribution is 0.545. The maximum absolute atomic E-state index is 5.66. The molecule has 1 fully saturated rings. The highest BCUT2D eigenvalue weighted by Crippen LogP contribution is 2.25. The smallest absolute Gasteiger partial charge is 0.152 e. The van der Waals surface area contributed by atoms with Crippen molar-refractivity contribution in [3.8, 4) is 11.5 Å². The maximum Gasteiger partial charge on any atom is 0.152 e. The number of thioether (sulfide) groups is 2. The second kappa shape index (κ2) is 6.74. The topological polar surface area (TPSA) is 53.9 Å². The molecule has 3 rings (SSSR count). The summed E-state index contributed by atoms with van der Waals surface area (Å²) in [5.74, 6) is 5.61. The molecule has 2 N–H and O–H groups in total. The van der Waals surface area contributed by atoms with Gasteiger partial charge in [-0.25, -0.2) is 0 Å². The van der Waals surface area contributed by atoms with Crippen molar-refractivity contribution in [1.82, 2.24) is 15.5 Å². The van der Waals surface area contributed by atoms with Gasteiger partial charge in [-0.1, -0.05) is 0 Å². The van der Waals surface area contributed by atoms with Crippen LogP contribution in [0.5, 0.6) is 0 Å². The van der Waals surface area contributed by atoms with Crippen molar-refractivity contribution in [2.45, 2.75) is 18.7 Å². The Morgan fingerprint density at radius 1 is 1.45 bits per heavy atom. The first-order chi connectivity index (χ1) is 9.83. The zero-order valence-corrected chi connectivity index (χ0v) is 13.1. The molecular weight excluding hydrogens is 290 g/mol. The molecule has 0 bridgehead atoms. The number of furan rings is 1. The van der Waals surface area contributed by atoms with Gasteiger partial charge in [0.15, 0.2) is 5.76 Å². The minimum absolute atomic E-state index is 0.731. The first-order valence-electron chi connectivity index (χ1n) is 6.82. The van der Waals surface area contributed by atoms with Crippen LogP contribution in [0.25, 0.3) is 11.5 Å². The SMILES string of the molecule is Cc1ccc(-c2[nH]ncc2CNCC2CSCCS2)o1. The van der Waals surface area contributed by atoms with Gasteiger partial charge in [0.25, 0.3) is 0 Å². The fourth-order valence-electron chi connectivity index (χ4n) is 2.25. The third-order valence-corrected chi connectivity index (χ3v) is 6.12. The van der Waals surface area contributed by atoms with Crippen molar-refractivity contribution in [3.63, 3.8) is 0 Å². The number of aryl methyl sites for hydroxylation is 1. The molecule has 1 aliphatic heterocycles. The Kier molecular flexibility index (Phi) is 4.75. The third kappa shape index (κ3) is 3.42. The molecule has 0 saturated carbocycles. The van der Waals surface area contributed by atoms with E-state index in [9.17, 15) is 0 Å². The van der Waals surface area contributed by atoms with E-state index in [2.05, 4.69) is 39.0 Å². The molecule has 1 unspecified atom stereocenters. The number of nitrogens with one attached hydrogen (secondary N) is 2. The predicted octanol–water partition coefficient (Wildman–Crippen LogP) is 2.92. The Morgan fingerprint density at radius 3 is 3.15 bits per heavy atom. The Labute approximate surface area is 127 Å². The number of nitrogens with zero attached hydrogens (tertiary/aromatic N) is 1. The van der Waals surface area contributed by atoms with Gasteiger partial charge in [-0.05, 0) is 19.1 Å². The van der Waals surface area contributed by atoms with Crippen molar-refractivity contribution >= 4 is 23.5 Å². The first-order valence-corrected chi connectivity index (χ1v) is 9.02. The molecule has 6 heteroatoms. The quantitative estimate of drug-likeness (QED) is 0.889. The lowest BCUT2D eigenvalue weighted by atomic mass is 10.2. The van der Waals surface area contributed by atoms with E-state index in [-0.39, 0.29) is 0 Å². The Morgan fingerprint density at radius 2 is 2.40 bits per heavy atom. The van der Waals surface area contributed by atoms with Crippen LogP contribution in [-0.4, -0.2) is 39.3 Å². The molecule has 0 radical (unpaired) electrons. The average molecular weight is 309 g/mol. The van der Waals surface area contributed by atoms with Gasteiger partial charge in [-0.2, -0.15) is 28.6 Å². The van der Waals surface area contributed by atoms with Crippen molar-refractivity contribution in [3.05, 3.63) is 29.7 Å². The van der Waals surface area contributed by atoms with Crippen molar-refractivity contribution in [2.75, 3.05) is 23.8 Å². The molecule has 0 spiro atoms. The molecule has 2 aromatic heterocycles. The van der Waals surface area contributed by atoms with Gasteiger partial charge >= 0.3 is 0 Å². The van der Waals surface area contributed by atoms with E-state index in [4.69, 9.17) is 4.42 Å². The molecule has 1 aliphatic rings. The van der Waals surface area contributed by atoms with Gasteiger partial charge in [-0.3, -0.25) is 5.10 Å². The van der Waals surface area contributed by atoms with Gasteiger partial charge in [0.05, 0.1) is 6.20 Å². The standard InChI is InChI=1S/C14H19N3OS2/c1-10-2-3-13(18-10)14-11(7-16-17-14)6-15-8-12-9-19-4-5-20-12/h2-3,7,12,15H,4-6,8-9H2,1H3,(H,16,17).